The van der Waals surface area contributed by atoms with Crippen LogP contribution in [0.2, 0.25) is 0 Å². The first-order valence-corrected chi connectivity index (χ1v) is 5.48. The molecule has 0 saturated heterocycles. The van der Waals surface area contributed by atoms with Crippen molar-refractivity contribution in [2.45, 2.75) is 6.42 Å². The summed E-state index contributed by atoms with van der Waals surface area (Å²) in [4.78, 5) is 11.1. The molecule has 0 spiro atoms. The molecule has 5 heteroatoms. The van der Waals surface area contributed by atoms with Crippen LogP contribution >= 0.6 is 0 Å². The predicted octanol–water partition coefficient (Wildman–Crippen LogP) is 1.60. The molecule has 0 saturated carbocycles. The van der Waals surface area contributed by atoms with Crippen molar-refractivity contribution in [3.63, 3.8) is 0 Å². The quantitative estimate of drug-likeness (QED) is 0.769. The number of hydrogen-bond acceptors (Lipinski definition) is 4. The highest BCUT2D eigenvalue weighted by Gasteiger charge is 2.06. The summed E-state index contributed by atoms with van der Waals surface area (Å²) in [5.41, 5.74) is 1.59. The summed E-state index contributed by atoms with van der Waals surface area (Å²) in [7, 11) is 2.99. The van der Waals surface area contributed by atoms with Gasteiger partial charge in [-0.3, -0.25) is 4.79 Å². The summed E-state index contributed by atoms with van der Waals surface area (Å²) in [6.45, 7) is 0. The molecule has 2 rings (SSSR count). The van der Waals surface area contributed by atoms with Crippen molar-refractivity contribution >= 4 is 5.97 Å². The van der Waals surface area contributed by atoms with Crippen molar-refractivity contribution in [1.82, 2.24) is 9.78 Å². The minimum Gasteiger partial charge on any atom is -0.497 e. The maximum absolute atomic E-state index is 11.1. The zero-order chi connectivity index (χ0) is 13.0. The topological polar surface area (TPSA) is 53.4 Å². The monoisotopic (exact) mass is 246 g/mol. The summed E-state index contributed by atoms with van der Waals surface area (Å²) in [5.74, 6) is 0.496. The molecular weight excluding hydrogens is 232 g/mol. The van der Waals surface area contributed by atoms with Crippen LogP contribution in [0.25, 0.3) is 5.69 Å². The first-order chi connectivity index (χ1) is 8.72. The lowest BCUT2D eigenvalue weighted by Gasteiger charge is -2.03. The maximum Gasteiger partial charge on any atom is 0.311 e. The van der Waals surface area contributed by atoms with E-state index in [0.717, 1.165) is 11.4 Å². The Labute approximate surface area is 105 Å². The molecule has 18 heavy (non-hydrogen) atoms. The van der Waals surface area contributed by atoms with Crippen molar-refractivity contribution in [1.29, 1.82) is 0 Å². The third-order valence-electron chi connectivity index (χ3n) is 2.53. The van der Waals surface area contributed by atoms with Crippen LogP contribution in [-0.4, -0.2) is 30.0 Å². The number of methoxy groups -OCH3 is 2. The molecule has 1 aromatic carbocycles. The minimum absolute atomic E-state index is 0.180. The van der Waals surface area contributed by atoms with E-state index >= 15 is 0 Å². The van der Waals surface area contributed by atoms with Crippen LogP contribution in [0.3, 0.4) is 0 Å². The lowest BCUT2D eigenvalue weighted by molar-refractivity contribution is -0.139. The molecule has 0 atom stereocenters. The maximum atomic E-state index is 11.1. The zero-order valence-electron chi connectivity index (χ0n) is 10.3. The van der Waals surface area contributed by atoms with Gasteiger partial charge in [0.25, 0.3) is 0 Å². The summed E-state index contributed by atoms with van der Waals surface area (Å²) in [6, 6.07) is 9.30. The highest BCUT2D eigenvalue weighted by atomic mass is 16.5. The summed E-state index contributed by atoms with van der Waals surface area (Å²) in [5, 5.41) is 4.30. The van der Waals surface area contributed by atoms with Crippen molar-refractivity contribution < 1.29 is 14.3 Å². The van der Waals surface area contributed by atoms with Gasteiger partial charge in [-0.25, -0.2) is 4.68 Å². The van der Waals surface area contributed by atoms with E-state index in [1.54, 1.807) is 24.1 Å². The van der Waals surface area contributed by atoms with E-state index in [2.05, 4.69) is 9.84 Å². The van der Waals surface area contributed by atoms with Crippen LogP contribution in [0.4, 0.5) is 0 Å². The molecule has 0 radical (unpaired) electrons. The van der Waals surface area contributed by atoms with E-state index in [1.165, 1.54) is 7.11 Å². The number of aromatic nitrogens is 2. The van der Waals surface area contributed by atoms with Gasteiger partial charge in [-0.05, 0) is 30.3 Å². The van der Waals surface area contributed by atoms with Gasteiger partial charge >= 0.3 is 5.97 Å². The molecule has 94 valence electrons. The van der Waals surface area contributed by atoms with E-state index < -0.39 is 0 Å². The van der Waals surface area contributed by atoms with Gasteiger partial charge in [-0.1, -0.05) is 0 Å². The van der Waals surface area contributed by atoms with Crippen molar-refractivity contribution in [3.8, 4) is 11.4 Å². The zero-order valence-corrected chi connectivity index (χ0v) is 10.3. The van der Waals surface area contributed by atoms with Gasteiger partial charge in [-0.15, -0.1) is 0 Å². The van der Waals surface area contributed by atoms with E-state index in [1.807, 2.05) is 24.3 Å². The van der Waals surface area contributed by atoms with Crippen LogP contribution in [0, 0.1) is 0 Å². The molecule has 0 fully saturated rings. The second kappa shape index (κ2) is 5.35. The van der Waals surface area contributed by atoms with Gasteiger partial charge in [-0.2, -0.15) is 5.10 Å². The van der Waals surface area contributed by atoms with Crippen molar-refractivity contribution in [3.05, 3.63) is 42.2 Å². The van der Waals surface area contributed by atoms with E-state index in [4.69, 9.17) is 4.74 Å². The molecule has 0 aliphatic carbocycles. The molecule has 0 aliphatic heterocycles. The molecule has 5 nitrogen and oxygen atoms in total. The fraction of sp³-hybridized carbons (Fsp3) is 0.231. The van der Waals surface area contributed by atoms with E-state index in [-0.39, 0.29) is 12.4 Å². The minimum atomic E-state index is -0.296. The molecule has 1 heterocycles. The Kier molecular flexibility index (Phi) is 3.62. The summed E-state index contributed by atoms with van der Waals surface area (Å²) < 4.78 is 11.4. The molecule has 2 aromatic rings. The average Bonchev–Trinajstić information content (AvgIpc) is 2.87. The number of benzene rings is 1. The van der Waals surface area contributed by atoms with Gasteiger partial charge in [0.05, 0.1) is 32.0 Å². The number of ether oxygens (including phenoxy) is 2. The van der Waals surface area contributed by atoms with Crippen molar-refractivity contribution in [2.75, 3.05) is 14.2 Å². The van der Waals surface area contributed by atoms with Gasteiger partial charge in [0.15, 0.2) is 0 Å². The first kappa shape index (κ1) is 12.2. The second-order valence-corrected chi connectivity index (χ2v) is 3.70. The fourth-order valence-electron chi connectivity index (χ4n) is 1.55. The van der Waals surface area contributed by atoms with Gasteiger partial charge in [0, 0.05) is 6.20 Å². The SMILES string of the molecule is COC(=O)Cc1ccn(-c2ccc(OC)cc2)n1. The molecule has 1 aromatic heterocycles. The Balaban J connectivity index is 2.15. The molecule has 0 aliphatic rings. The number of hydrogen-bond donors (Lipinski definition) is 0. The lowest BCUT2D eigenvalue weighted by atomic mass is 10.3. The molecule has 0 amide bonds. The smallest absolute Gasteiger partial charge is 0.311 e. The summed E-state index contributed by atoms with van der Waals surface area (Å²) >= 11 is 0. The van der Waals surface area contributed by atoms with E-state index in [9.17, 15) is 4.79 Å². The highest BCUT2D eigenvalue weighted by molar-refractivity contribution is 5.71. The number of nitrogens with zero attached hydrogens (tertiary/aromatic N) is 2. The Hall–Kier alpha value is -2.30. The molecular formula is C13H14N2O3. The van der Waals surface area contributed by atoms with Gasteiger partial charge < -0.3 is 9.47 Å². The molecule has 0 bridgehead atoms. The number of carbonyl (C=O) groups excluding carboxylic acids is 1. The van der Waals surface area contributed by atoms with Crippen LogP contribution in [0.5, 0.6) is 5.75 Å². The Bertz CT molecular complexity index is 531. The largest absolute Gasteiger partial charge is 0.497 e. The highest BCUT2D eigenvalue weighted by Crippen LogP contribution is 2.14. The molecule has 0 N–H and O–H groups in total. The second-order valence-electron chi connectivity index (χ2n) is 3.70. The Morgan fingerprint density at radius 1 is 1.22 bits per heavy atom. The van der Waals surface area contributed by atoms with Gasteiger partial charge in [0.2, 0.25) is 0 Å². The Morgan fingerprint density at radius 3 is 2.56 bits per heavy atom. The first-order valence-electron chi connectivity index (χ1n) is 5.48. The third-order valence-corrected chi connectivity index (χ3v) is 2.53. The standard InChI is InChI=1S/C13H14N2O3/c1-17-12-5-3-11(4-6-12)15-8-7-10(14-15)9-13(16)18-2/h3-8H,9H2,1-2H3. The number of carbonyl (C=O) groups is 1. The molecule has 0 unspecified atom stereocenters. The van der Waals surface area contributed by atoms with Crippen LogP contribution in [0.1, 0.15) is 5.69 Å². The summed E-state index contributed by atoms with van der Waals surface area (Å²) in [6.07, 6.45) is 1.99. The number of esters is 1. The van der Waals surface area contributed by atoms with E-state index in [0.29, 0.717) is 5.69 Å². The van der Waals surface area contributed by atoms with Crippen molar-refractivity contribution in [2.24, 2.45) is 0 Å². The van der Waals surface area contributed by atoms with Crippen LogP contribution in [0.15, 0.2) is 36.5 Å². The predicted molar refractivity (Wildman–Crippen MR) is 65.8 cm³/mol. The average molecular weight is 246 g/mol. The number of rotatable bonds is 4. The normalized spacial score (nSPS) is 10.1. The van der Waals surface area contributed by atoms with Crippen LogP contribution in [-0.2, 0) is 16.0 Å². The third kappa shape index (κ3) is 2.68. The van der Waals surface area contributed by atoms with Crippen LogP contribution < -0.4 is 4.74 Å². The van der Waals surface area contributed by atoms with Gasteiger partial charge in [0.1, 0.15) is 5.75 Å². The fourth-order valence-corrected chi connectivity index (χ4v) is 1.55. The Morgan fingerprint density at radius 2 is 1.94 bits per heavy atom. The lowest BCUT2D eigenvalue weighted by Crippen LogP contribution is -2.05.